The van der Waals surface area contributed by atoms with Gasteiger partial charge < -0.3 is 14.4 Å². The Hall–Kier alpha value is -3.70. The quantitative estimate of drug-likeness (QED) is 0.247. The van der Waals surface area contributed by atoms with Crippen LogP contribution in [0.5, 0.6) is 5.75 Å². The summed E-state index contributed by atoms with van der Waals surface area (Å²) >= 11 is 0. The van der Waals surface area contributed by atoms with Crippen LogP contribution in [0, 0.1) is 5.82 Å². The summed E-state index contributed by atoms with van der Waals surface area (Å²) in [6.45, 7) is 1.69. The van der Waals surface area contributed by atoms with Crippen LogP contribution in [-0.2, 0) is 11.3 Å². The van der Waals surface area contributed by atoms with E-state index < -0.39 is 0 Å². The maximum Gasteiger partial charge on any atom is 0.337 e. The molecule has 1 aliphatic rings. The van der Waals surface area contributed by atoms with Crippen LogP contribution in [0.1, 0.15) is 52.2 Å². The van der Waals surface area contributed by atoms with Gasteiger partial charge in [0.05, 0.1) is 18.8 Å². The zero-order chi connectivity index (χ0) is 25.8. The molecule has 0 aromatic heterocycles. The van der Waals surface area contributed by atoms with Crippen LogP contribution >= 0.6 is 0 Å². The van der Waals surface area contributed by atoms with Gasteiger partial charge in [-0.2, -0.15) is 0 Å². The fourth-order valence-corrected chi connectivity index (χ4v) is 5.38. The molecule has 190 valence electrons. The predicted octanol–water partition coefficient (Wildman–Crippen LogP) is 6.96. The van der Waals surface area contributed by atoms with Gasteiger partial charge in [-0.15, -0.1) is 0 Å². The van der Waals surface area contributed by atoms with Crippen LogP contribution in [0.3, 0.4) is 0 Å². The van der Waals surface area contributed by atoms with Gasteiger partial charge in [-0.05, 0) is 73.6 Å². The molecular formula is C32H32FNO3. The first-order valence-corrected chi connectivity index (χ1v) is 12.8. The van der Waals surface area contributed by atoms with Crippen LogP contribution in [0.2, 0.25) is 0 Å². The van der Waals surface area contributed by atoms with Crippen molar-refractivity contribution >= 4 is 16.7 Å². The number of ether oxygens (including phenoxy) is 2. The van der Waals surface area contributed by atoms with E-state index in [2.05, 4.69) is 18.0 Å². The molecule has 2 atom stereocenters. The Morgan fingerprint density at radius 1 is 0.973 bits per heavy atom. The Morgan fingerprint density at radius 3 is 2.49 bits per heavy atom. The van der Waals surface area contributed by atoms with Gasteiger partial charge in [0.25, 0.3) is 0 Å². The standard InChI is InChI=1S/C32H32FNO3/c1-34(21-24-17-18-30(33)27-10-4-3-9-26(24)27)19-7-8-25-20-29(28-11-5-6-12-31(28)37-25)22-13-15-23(16-14-22)32(35)36-2/h3-6,9-18,25,29H,7-8,19-21H2,1-2H3. The molecule has 0 aliphatic carbocycles. The second-order valence-corrected chi connectivity index (χ2v) is 9.81. The molecule has 4 aromatic carbocycles. The molecule has 0 radical (unpaired) electrons. The molecule has 0 saturated carbocycles. The van der Waals surface area contributed by atoms with E-state index in [-0.39, 0.29) is 23.8 Å². The highest BCUT2D eigenvalue weighted by Crippen LogP contribution is 2.41. The maximum atomic E-state index is 14.2. The van der Waals surface area contributed by atoms with E-state index in [0.29, 0.717) is 10.9 Å². The lowest BCUT2D eigenvalue weighted by Crippen LogP contribution is -2.28. The monoisotopic (exact) mass is 497 g/mol. The number of nitrogens with zero attached hydrogens (tertiary/aromatic N) is 1. The zero-order valence-corrected chi connectivity index (χ0v) is 21.3. The van der Waals surface area contributed by atoms with Gasteiger partial charge in [-0.1, -0.05) is 60.7 Å². The SMILES string of the molecule is COC(=O)c1ccc(C2CC(CCCN(C)Cc3ccc(F)c4ccccc34)Oc3ccccc32)cc1. The molecule has 1 heterocycles. The number of para-hydroxylation sites is 1. The number of carbonyl (C=O) groups excluding carboxylic acids is 1. The van der Waals surface area contributed by atoms with Gasteiger partial charge in [0.2, 0.25) is 0 Å². The number of halogens is 1. The molecule has 0 spiro atoms. The van der Waals surface area contributed by atoms with Gasteiger partial charge in [0.15, 0.2) is 0 Å². The fraction of sp³-hybridized carbons (Fsp3) is 0.281. The van der Waals surface area contributed by atoms with E-state index in [1.165, 1.54) is 18.2 Å². The first kappa shape index (κ1) is 25.0. The number of methoxy groups -OCH3 is 1. The lowest BCUT2D eigenvalue weighted by atomic mass is 9.83. The Balaban J connectivity index is 1.23. The molecule has 2 unspecified atom stereocenters. The lowest BCUT2D eigenvalue weighted by Gasteiger charge is -2.33. The molecular weight excluding hydrogens is 465 g/mol. The van der Waals surface area contributed by atoms with Gasteiger partial charge >= 0.3 is 5.97 Å². The molecule has 4 nitrogen and oxygen atoms in total. The molecule has 1 aliphatic heterocycles. The average Bonchev–Trinajstić information content (AvgIpc) is 2.94. The van der Waals surface area contributed by atoms with Gasteiger partial charge in [-0.3, -0.25) is 0 Å². The number of hydrogen-bond donors (Lipinski definition) is 0. The van der Waals surface area contributed by atoms with Crippen molar-refractivity contribution in [3.63, 3.8) is 0 Å². The molecule has 5 heteroatoms. The molecule has 5 rings (SSSR count). The summed E-state index contributed by atoms with van der Waals surface area (Å²) in [5, 5.41) is 1.65. The van der Waals surface area contributed by atoms with Crippen molar-refractivity contribution in [3.05, 3.63) is 113 Å². The summed E-state index contributed by atoms with van der Waals surface area (Å²) < 4.78 is 25.4. The number of esters is 1. The van der Waals surface area contributed by atoms with Gasteiger partial charge in [0, 0.05) is 23.4 Å². The highest BCUT2D eigenvalue weighted by atomic mass is 19.1. The van der Waals surface area contributed by atoms with E-state index in [1.807, 2.05) is 72.8 Å². The number of hydrogen-bond acceptors (Lipinski definition) is 4. The topological polar surface area (TPSA) is 38.8 Å². The van der Waals surface area contributed by atoms with Crippen LogP contribution < -0.4 is 4.74 Å². The summed E-state index contributed by atoms with van der Waals surface area (Å²) in [5.41, 5.74) is 4.05. The molecule has 0 N–H and O–H groups in total. The van der Waals surface area contributed by atoms with Crippen molar-refractivity contribution < 1.29 is 18.7 Å². The zero-order valence-electron chi connectivity index (χ0n) is 21.3. The van der Waals surface area contributed by atoms with Gasteiger partial charge in [-0.25, -0.2) is 9.18 Å². The molecule has 0 fully saturated rings. The van der Waals surface area contributed by atoms with Crippen LogP contribution in [-0.4, -0.2) is 37.7 Å². The van der Waals surface area contributed by atoms with E-state index in [9.17, 15) is 9.18 Å². The summed E-state index contributed by atoms with van der Waals surface area (Å²) in [4.78, 5) is 14.1. The number of rotatable bonds is 8. The Labute approximate surface area is 217 Å². The van der Waals surface area contributed by atoms with E-state index in [1.54, 1.807) is 6.07 Å². The van der Waals surface area contributed by atoms with E-state index in [4.69, 9.17) is 9.47 Å². The van der Waals surface area contributed by atoms with Crippen LogP contribution in [0.25, 0.3) is 10.8 Å². The summed E-state index contributed by atoms with van der Waals surface area (Å²) in [5.74, 6) is 0.651. The first-order valence-electron chi connectivity index (χ1n) is 12.8. The van der Waals surface area contributed by atoms with E-state index in [0.717, 1.165) is 49.1 Å². The molecule has 0 bridgehead atoms. The van der Waals surface area contributed by atoms with Crippen molar-refractivity contribution in [1.29, 1.82) is 0 Å². The number of benzene rings is 4. The predicted molar refractivity (Wildman–Crippen MR) is 145 cm³/mol. The number of fused-ring (bicyclic) bond motifs is 2. The molecule has 37 heavy (non-hydrogen) atoms. The van der Waals surface area contributed by atoms with Crippen LogP contribution in [0.15, 0.2) is 84.9 Å². The maximum absolute atomic E-state index is 14.2. The third kappa shape index (κ3) is 5.52. The minimum absolute atomic E-state index is 0.111. The third-order valence-corrected chi connectivity index (χ3v) is 7.29. The Kier molecular flexibility index (Phi) is 7.52. The normalized spacial score (nSPS) is 16.9. The minimum Gasteiger partial charge on any atom is -0.490 e. The lowest BCUT2D eigenvalue weighted by molar-refractivity contribution is 0.0600. The smallest absolute Gasteiger partial charge is 0.337 e. The fourth-order valence-electron chi connectivity index (χ4n) is 5.38. The van der Waals surface area contributed by atoms with Crippen molar-refractivity contribution in [2.75, 3.05) is 20.7 Å². The highest BCUT2D eigenvalue weighted by Gasteiger charge is 2.29. The minimum atomic E-state index is -0.324. The van der Waals surface area contributed by atoms with Crippen molar-refractivity contribution in [2.45, 2.75) is 37.8 Å². The summed E-state index contributed by atoms with van der Waals surface area (Å²) in [6, 6.07) is 27.1. The van der Waals surface area contributed by atoms with Crippen molar-refractivity contribution in [1.82, 2.24) is 4.90 Å². The summed E-state index contributed by atoms with van der Waals surface area (Å²) in [7, 11) is 3.51. The second-order valence-electron chi connectivity index (χ2n) is 9.81. The highest BCUT2D eigenvalue weighted by molar-refractivity contribution is 5.89. The van der Waals surface area contributed by atoms with Crippen molar-refractivity contribution in [2.24, 2.45) is 0 Å². The molecule has 4 aromatic rings. The average molecular weight is 498 g/mol. The summed E-state index contributed by atoms with van der Waals surface area (Å²) in [6.07, 6.45) is 2.94. The third-order valence-electron chi connectivity index (χ3n) is 7.29. The van der Waals surface area contributed by atoms with E-state index >= 15 is 0 Å². The molecule has 0 amide bonds. The Morgan fingerprint density at radius 2 is 1.70 bits per heavy atom. The molecule has 0 saturated heterocycles. The van der Waals surface area contributed by atoms with Crippen LogP contribution in [0.4, 0.5) is 4.39 Å². The second kappa shape index (κ2) is 11.1. The van der Waals surface area contributed by atoms with Gasteiger partial charge in [0.1, 0.15) is 11.6 Å². The number of carbonyl (C=O) groups is 1. The first-order chi connectivity index (χ1) is 18.0. The Bertz CT molecular complexity index is 1380. The van der Waals surface area contributed by atoms with Crippen molar-refractivity contribution in [3.8, 4) is 5.75 Å². The largest absolute Gasteiger partial charge is 0.490 e.